The number of benzene rings is 1. The van der Waals surface area contributed by atoms with Crippen LogP contribution in [0, 0.1) is 0 Å². The van der Waals surface area contributed by atoms with E-state index in [0.29, 0.717) is 5.56 Å². The molecule has 7 N–H and O–H groups in total. The molecule has 1 aromatic carbocycles. The molecule has 1 aromatic rings. The maximum Gasteiger partial charge on any atom is 0.200 e. The lowest BCUT2D eigenvalue weighted by atomic mass is 9.99. The SMILES string of the molecule is COc1cc(C=CCO[C@H]2O[C@H](CO[C@@H]3OC[C@](O)(CO)[C@H]3O)[C@H](O)[C@H](O)[C@@H]2O)cc(OC)c1O. The van der Waals surface area contributed by atoms with Crippen molar-refractivity contribution in [3.8, 4) is 17.2 Å². The van der Waals surface area contributed by atoms with E-state index in [9.17, 15) is 35.7 Å². The van der Waals surface area contributed by atoms with Crippen molar-refractivity contribution in [2.75, 3.05) is 40.6 Å². The van der Waals surface area contributed by atoms with Crippen molar-refractivity contribution in [2.45, 2.75) is 48.7 Å². The van der Waals surface area contributed by atoms with Crippen molar-refractivity contribution in [3.05, 3.63) is 23.8 Å². The fraction of sp³-hybridized carbons (Fsp3) is 0.636. The van der Waals surface area contributed by atoms with Crippen molar-refractivity contribution in [3.63, 3.8) is 0 Å². The number of rotatable bonds is 10. The Labute approximate surface area is 201 Å². The minimum Gasteiger partial charge on any atom is -0.502 e. The first-order chi connectivity index (χ1) is 16.6. The molecule has 0 unspecified atom stereocenters. The van der Waals surface area contributed by atoms with Crippen LogP contribution in [0.25, 0.3) is 6.08 Å². The van der Waals surface area contributed by atoms with E-state index in [1.54, 1.807) is 24.3 Å². The second kappa shape index (κ2) is 11.8. The summed E-state index contributed by atoms with van der Waals surface area (Å²) in [6.07, 6.45) is -6.79. The summed E-state index contributed by atoms with van der Waals surface area (Å²) in [4.78, 5) is 0. The molecular weight excluding hydrogens is 472 g/mol. The van der Waals surface area contributed by atoms with Crippen molar-refractivity contribution in [1.82, 2.24) is 0 Å². The van der Waals surface area contributed by atoms with Crippen LogP contribution in [0.1, 0.15) is 5.56 Å². The molecule has 0 saturated carbocycles. The Kier molecular flexibility index (Phi) is 9.28. The second-order valence-corrected chi connectivity index (χ2v) is 8.24. The van der Waals surface area contributed by atoms with Crippen molar-refractivity contribution < 1.29 is 64.2 Å². The van der Waals surface area contributed by atoms with Crippen LogP contribution in [-0.4, -0.2) is 125 Å². The standard InChI is InChI=1S/C22H32O13/c1-30-12-6-11(7-13(31-2)15(12)24)4-3-5-32-20-18(27)17(26)16(25)14(35-20)8-33-21-19(28)22(29,9-23)10-34-21/h3-4,6-7,14,16-21,23-29H,5,8-10H2,1-2H3/t14-,16+,17+,18+,19+,20+,21-,22-/m1/s1. The third-order valence-corrected chi connectivity index (χ3v) is 5.84. The zero-order chi connectivity index (χ0) is 25.8. The Balaban J connectivity index is 1.57. The topological polar surface area (TPSA) is 197 Å². The molecule has 2 aliphatic heterocycles. The molecule has 0 aliphatic carbocycles. The second-order valence-electron chi connectivity index (χ2n) is 8.24. The molecule has 35 heavy (non-hydrogen) atoms. The molecule has 0 spiro atoms. The van der Waals surface area contributed by atoms with Gasteiger partial charge in [0.1, 0.15) is 36.1 Å². The number of phenols is 1. The molecule has 13 nitrogen and oxygen atoms in total. The zero-order valence-corrected chi connectivity index (χ0v) is 19.3. The summed E-state index contributed by atoms with van der Waals surface area (Å²) in [5, 5.41) is 69.9. The molecule has 2 heterocycles. The first-order valence-corrected chi connectivity index (χ1v) is 10.8. The van der Waals surface area contributed by atoms with Crippen LogP contribution in [0.5, 0.6) is 17.2 Å². The van der Waals surface area contributed by atoms with Gasteiger partial charge in [-0.25, -0.2) is 0 Å². The largest absolute Gasteiger partial charge is 0.502 e. The maximum absolute atomic E-state index is 10.2. The van der Waals surface area contributed by atoms with Crippen LogP contribution in [0.3, 0.4) is 0 Å². The van der Waals surface area contributed by atoms with Crippen LogP contribution in [0.15, 0.2) is 18.2 Å². The van der Waals surface area contributed by atoms with E-state index in [1.807, 2.05) is 0 Å². The predicted molar refractivity (Wildman–Crippen MR) is 117 cm³/mol. The zero-order valence-electron chi connectivity index (χ0n) is 19.3. The maximum atomic E-state index is 10.2. The van der Waals surface area contributed by atoms with Gasteiger partial charge in [-0.05, 0) is 17.7 Å². The van der Waals surface area contributed by atoms with Gasteiger partial charge in [0.25, 0.3) is 0 Å². The van der Waals surface area contributed by atoms with Gasteiger partial charge in [-0.2, -0.15) is 0 Å². The molecule has 2 aliphatic rings. The fourth-order valence-electron chi connectivity index (χ4n) is 3.66. The Hall–Kier alpha value is -2.04. The van der Waals surface area contributed by atoms with Gasteiger partial charge in [-0.3, -0.25) is 0 Å². The quantitative estimate of drug-likeness (QED) is 0.180. The van der Waals surface area contributed by atoms with E-state index >= 15 is 0 Å². The summed E-state index contributed by atoms with van der Waals surface area (Å²) in [6.45, 7) is -1.54. The van der Waals surface area contributed by atoms with Gasteiger partial charge in [0.05, 0.1) is 40.6 Å². The normalized spacial score (nSPS) is 35.5. The van der Waals surface area contributed by atoms with Gasteiger partial charge < -0.3 is 64.2 Å². The number of ether oxygens (including phenoxy) is 6. The highest BCUT2D eigenvalue weighted by molar-refractivity contribution is 5.61. The van der Waals surface area contributed by atoms with Gasteiger partial charge >= 0.3 is 0 Å². The minimum atomic E-state index is -1.88. The van der Waals surface area contributed by atoms with E-state index in [4.69, 9.17) is 28.4 Å². The number of aliphatic hydroxyl groups is 6. The number of aromatic hydroxyl groups is 1. The summed E-state index contributed by atoms with van der Waals surface area (Å²) in [5.41, 5.74) is -1.25. The molecule has 0 amide bonds. The molecule has 0 radical (unpaired) electrons. The Morgan fingerprint density at radius 3 is 2.23 bits per heavy atom. The molecule has 3 rings (SSSR count). The van der Waals surface area contributed by atoms with E-state index in [-0.39, 0.29) is 37.1 Å². The highest BCUT2D eigenvalue weighted by Crippen LogP contribution is 2.37. The van der Waals surface area contributed by atoms with E-state index in [0.717, 1.165) is 0 Å². The van der Waals surface area contributed by atoms with Crippen LogP contribution in [0.4, 0.5) is 0 Å². The Bertz CT molecular complexity index is 839. The highest BCUT2D eigenvalue weighted by Gasteiger charge is 2.50. The fourth-order valence-corrected chi connectivity index (χ4v) is 3.66. The van der Waals surface area contributed by atoms with Crippen LogP contribution in [0.2, 0.25) is 0 Å². The Morgan fingerprint density at radius 2 is 1.66 bits per heavy atom. The molecule has 13 heteroatoms. The smallest absolute Gasteiger partial charge is 0.200 e. The van der Waals surface area contributed by atoms with Crippen molar-refractivity contribution in [1.29, 1.82) is 0 Å². The molecule has 0 aromatic heterocycles. The summed E-state index contributed by atoms with van der Waals surface area (Å²) in [7, 11) is 2.80. The predicted octanol–water partition coefficient (Wildman–Crippen LogP) is -2.30. The summed E-state index contributed by atoms with van der Waals surface area (Å²) >= 11 is 0. The molecule has 8 atom stereocenters. The highest BCUT2D eigenvalue weighted by atomic mass is 16.7. The van der Waals surface area contributed by atoms with Gasteiger partial charge in [0.2, 0.25) is 5.75 Å². The average Bonchev–Trinajstić information content (AvgIpc) is 3.15. The van der Waals surface area contributed by atoms with Gasteiger partial charge in [-0.15, -0.1) is 0 Å². The lowest BCUT2D eigenvalue weighted by Gasteiger charge is -2.40. The first kappa shape index (κ1) is 27.5. The summed E-state index contributed by atoms with van der Waals surface area (Å²) in [6, 6.07) is 3.15. The molecular formula is C22H32O13. The van der Waals surface area contributed by atoms with E-state index in [2.05, 4.69) is 0 Å². The number of hydrogen-bond acceptors (Lipinski definition) is 13. The van der Waals surface area contributed by atoms with Gasteiger partial charge in [-0.1, -0.05) is 12.2 Å². The molecule has 2 saturated heterocycles. The number of phenolic OH excluding ortho intramolecular Hbond substituents is 1. The van der Waals surface area contributed by atoms with Crippen LogP contribution in [-0.2, 0) is 18.9 Å². The van der Waals surface area contributed by atoms with Gasteiger partial charge in [0, 0.05) is 0 Å². The molecule has 2 fully saturated rings. The van der Waals surface area contributed by atoms with E-state index < -0.39 is 55.3 Å². The lowest BCUT2D eigenvalue weighted by Crippen LogP contribution is -2.59. The van der Waals surface area contributed by atoms with Crippen LogP contribution >= 0.6 is 0 Å². The van der Waals surface area contributed by atoms with Crippen molar-refractivity contribution in [2.24, 2.45) is 0 Å². The number of methoxy groups -OCH3 is 2. The average molecular weight is 504 g/mol. The Morgan fingerprint density at radius 1 is 1.00 bits per heavy atom. The monoisotopic (exact) mass is 504 g/mol. The van der Waals surface area contributed by atoms with E-state index in [1.165, 1.54) is 14.2 Å². The van der Waals surface area contributed by atoms with Crippen LogP contribution < -0.4 is 9.47 Å². The summed E-state index contributed by atoms with van der Waals surface area (Å²) in [5.74, 6) is 0.286. The summed E-state index contributed by atoms with van der Waals surface area (Å²) < 4.78 is 31.7. The molecule has 198 valence electrons. The van der Waals surface area contributed by atoms with Gasteiger partial charge in [0.15, 0.2) is 24.1 Å². The number of aliphatic hydroxyl groups excluding tert-OH is 5. The minimum absolute atomic E-state index is 0.0579. The first-order valence-electron chi connectivity index (χ1n) is 10.8. The van der Waals surface area contributed by atoms with Crippen molar-refractivity contribution >= 4 is 6.08 Å². The molecule has 0 bridgehead atoms. The third kappa shape index (κ3) is 6.03. The number of hydrogen-bond donors (Lipinski definition) is 7. The lowest BCUT2D eigenvalue weighted by molar-refractivity contribution is -0.307. The third-order valence-electron chi connectivity index (χ3n) is 5.84.